The van der Waals surface area contributed by atoms with Gasteiger partial charge in [-0.2, -0.15) is 4.98 Å². The lowest BCUT2D eigenvalue weighted by Gasteiger charge is -1.99. The molecule has 0 radical (unpaired) electrons. The van der Waals surface area contributed by atoms with Crippen molar-refractivity contribution in [3.8, 4) is 12.3 Å². The Morgan fingerprint density at radius 1 is 1.42 bits per heavy atom. The molecule has 2 rings (SSSR count). The first kappa shape index (κ1) is 13.6. The lowest BCUT2D eigenvalue weighted by Crippen LogP contribution is -2.09. The highest BCUT2D eigenvalue weighted by Gasteiger charge is 2.13. The number of thioether (sulfide) groups is 1. The van der Waals surface area contributed by atoms with E-state index in [0.717, 1.165) is 4.90 Å². The van der Waals surface area contributed by atoms with Crippen LogP contribution in [0.25, 0.3) is 0 Å². The minimum Gasteiger partial charge on any atom is -0.338 e. The van der Waals surface area contributed by atoms with Crippen LogP contribution in [0.1, 0.15) is 24.2 Å². The fourth-order valence-corrected chi connectivity index (χ4v) is 2.11. The van der Waals surface area contributed by atoms with Gasteiger partial charge in [0.05, 0.1) is 11.8 Å². The maximum atomic E-state index is 12.7. The Balaban J connectivity index is 1.93. The molecule has 1 atom stereocenters. The van der Waals surface area contributed by atoms with Crippen LogP contribution < -0.4 is 5.73 Å². The van der Waals surface area contributed by atoms with Gasteiger partial charge in [-0.25, -0.2) is 4.39 Å². The molecular weight excluding hydrogens is 265 g/mol. The fourth-order valence-electron chi connectivity index (χ4n) is 1.37. The second-order valence-corrected chi connectivity index (χ2v) is 4.85. The van der Waals surface area contributed by atoms with Crippen LogP contribution in [-0.2, 0) is 5.75 Å². The van der Waals surface area contributed by atoms with E-state index in [4.69, 9.17) is 16.7 Å². The predicted molar refractivity (Wildman–Crippen MR) is 70.6 cm³/mol. The zero-order valence-electron chi connectivity index (χ0n) is 10.0. The topological polar surface area (TPSA) is 64.9 Å². The lowest BCUT2D eigenvalue weighted by atomic mass is 10.2. The third-order valence-electron chi connectivity index (χ3n) is 2.32. The van der Waals surface area contributed by atoms with Crippen molar-refractivity contribution >= 4 is 11.8 Å². The maximum absolute atomic E-state index is 12.7. The number of aromatic nitrogens is 2. The molecule has 19 heavy (non-hydrogen) atoms. The predicted octanol–water partition coefficient (Wildman–Crippen LogP) is 2.52. The summed E-state index contributed by atoms with van der Waals surface area (Å²) in [5.41, 5.74) is 5.76. The van der Waals surface area contributed by atoms with Gasteiger partial charge in [0.1, 0.15) is 5.82 Å². The fraction of sp³-hybridized carbons (Fsp3) is 0.231. The second kappa shape index (κ2) is 6.36. The Hall–Kier alpha value is -1.84. The first-order chi connectivity index (χ1) is 9.19. The smallest absolute Gasteiger partial charge is 0.244 e. The number of hydrogen-bond acceptors (Lipinski definition) is 5. The van der Waals surface area contributed by atoms with Crippen molar-refractivity contribution in [1.82, 2.24) is 10.1 Å². The van der Waals surface area contributed by atoms with Gasteiger partial charge in [-0.1, -0.05) is 5.16 Å². The van der Waals surface area contributed by atoms with Crippen LogP contribution >= 0.6 is 11.8 Å². The SMILES string of the molecule is C#CCC(N)c1nc(CSc2ccc(F)cc2)no1. The van der Waals surface area contributed by atoms with Gasteiger partial charge in [0, 0.05) is 11.3 Å². The third kappa shape index (κ3) is 3.81. The molecule has 0 bridgehead atoms. The number of nitrogens with zero attached hydrogens (tertiary/aromatic N) is 2. The normalized spacial score (nSPS) is 12.1. The largest absolute Gasteiger partial charge is 0.338 e. The van der Waals surface area contributed by atoms with Crippen LogP contribution in [0, 0.1) is 18.2 Å². The molecule has 1 aromatic carbocycles. The number of hydrogen-bond donors (Lipinski definition) is 1. The molecule has 0 spiro atoms. The molecule has 1 heterocycles. The number of halogens is 1. The van der Waals surface area contributed by atoms with E-state index in [0.29, 0.717) is 23.9 Å². The van der Waals surface area contributed by atoms with E-state index in [1.807, 2.05) is 0 Å². The van der Waals surface area contributed by atoms with Gasteiger partial charge in [-0.15, -0.1) is 24.1 Å². The first-order valence-corrected chi connectivity index (χ1v) is 6.57. The van der Waals surface area contributed by atoms with Gasteiger partial charge in [0.25, 0.3) is 0 Å². The van der Waals surface area contributed by atoms with Gasteiger partial charge in [0.15, 0.2) is 5.82 Å². The monoisotopic (exact) mass is 277 g/mol. The number of nitrogens with two attached hydrogens (primary N) is 1. The van der Waals surface area contributed by atoms with E-state index < -0.39 is 6.04 Å². The van der Waals surface area contributed by atoms with Gasteiger partial charge in [0.2, 0.25) is 5.89 Å². The van der Waals surface area contributed by atoms with Crippen molar-refractivity contribution in [1.29, 1.82) is 0 Å². The number of benzene rings is 1. The summed E-state index contributed by atoms with van der Waals surface area (Å²) in [6.45, 7) is 0. The summed E-state index contributed by atoms with van der Waals surface area (Å²) in [6.07, 6.45) is 5.52. The molecule has 0 aliphatic rings. The molecule has 2 N–H and O–H groups in total. The van der Waals surface area contributed by atoms with E-state index >= 15 is 0 Å². The highest BCUT2D eigenvalue weighted by atomic mass is 32.2. The molecule has 0 saturated heterocycles. The summed E-state index contributed by atoms with van der Waals surface area (Å²) < 4.78 is 17.8. The summed E-state index contributed by atoms with van der Waals surface area (Å²) in [5, 5.41) is 3.82. The molecule has 0 saturated carbocycles. The van der Waals surface area contributed by atoms with E-state index in [9.17, 15) is 4.39 Å². The molecule has 6 heteroatoms. The standard InChI is InChI=1S/C13H12FN3OS/c1-2-3-11(15)13-16-12(17-18-13)8-19-10-6-4-9(14)5-7-10/h1,4-7,11H,3,8,15H2. The van der Waals surface area contributed by atoms with E-state index in [-0.39, 0.29) is 5.82 Å². The van der Waals surface area contributed by atoms with E-state index in [1.165, 1.54) is 23.9 Å². The van der Waals surface area contributed by atoms with Crippen LogP contribution in [0.15, 0.2) is 33.7 Å². The van der Waals surface area contributed by atoms with Crippen molar-refractivity contribution in [3.05, 3.63) is 41.8 Å². The molecule has 2 aromatic rings. The Bertz CT molecular complexity index is 576. The molecule has 0 amide bonds. The van der Waals surface area contributed by atoms with Crippen molar-refractivity contribution in [2.45, 2.75) is 23.1 Å². The van der Waals surface area contributed by atoms with Gasteiger partial charge >= 0.3 is 0 Å². The lowest BCUT2D eigenvalue weighted by molar-refractivity contribution is 0.353. The molecule has 4 nitrogen and oxygen atoms in total. The molecule has 0 fully saturated rings. The summed E-state index contributed by atoms with van der Waals surface area (Å²) in [6, 6.07) is 5.79. The number of terminal acetylenes is 1. The van der Waals surface area contributed by atoms with Gasteiger partial charge in [-0.3, -0.25) is 0 Å². The Labute approximate surface area is 114 Å². The molecule has 98 valence electrons. The van der Waals surface area contributed by atoms with Crippen molar-refractivity contribution < 1.29 is 8.91 Å². The number of rotatable bonds is 5. The van der Waals surface area contributed by atoms with E-state index in [2.05, 4.69) is 16.1 Å². The summed E-state index contributed by atoms with van der Waals surface area (Å²) in [5.74, 6) is 3.59. The van der Waals surface area contributed by atoms with E-state index in [1.54, 1.807) is 12.1 Å². The van der Waals surface area contributed by atoms with Crippen molar-refractivity contribution in [3.63, 3.8) is 0 Å². The third-order valence-corrected chi connectivity index (χ3v) is 3.33. The van der Waals surface area contributed by atoms with Gasteiger partial charge in [-0.05, 0) is 24.3 Å². The second-order valence-electron chi connectivity index (χ2n) is 3.81. The summed E-state index contributed by atoms with van der Waals surface area (Å²) >= 11 is 1.49. The Kier molecular flexibility index (Phi) is 4.55. The molecule has 0 aliphatic heterocycles. The molecule has 1 unspecified atom stereocenters. The van der Waals surface area contributed by atoms with Crippen LogP contribution in [0.4, 0.5) is 4.39 Å². The van der Waals surface area contributed by atoms with Crippen molar-refractivity contribution in [2.75, 3.05) is 0 Å². The Morgan fingerprint density at radius 3 is 2.84 bits per heavy atom. The quantitative estimate of drug-likeness (QED) is 0.672. The zero-order chi connectivity index (χ0) is 13.7. The highest BCUT2D eigenvalue weighted by Crippen LogP contribution is 2.22. The summed E-state index contributed by atoms with van der Waals surface area (Å²) in [7, 11) is 0. The average Bonchev–Trinajstić information content (AvgIpc) is 2.87. The zero-order valence-corrected chi connectivity index (χ0v) is 10.9. The maximum Gasteiger partial charge on any atom is 0.244 e. The first-order valence-electron chi connectivity index (χ1n) is 5.59. The van der Waals surface area contributed by atoms with Crippen molar-refractivity contribution in [2.24, 2.45) is 5.73 Å². The van der Waals surface area contributed by atoms with Crippen LogP contribution in [0.2, 0.25) is 0 Å². The Morgan fingerprint density at radius 2 is 2.16 bits per heavy atom. The molecule has 0 aliphatic carbocycles. The van der Waals surface area contributed by atoms with Gasteiger partial charge < -0.3 is 10.3 Å². The minimum absolute atomic E-state index is 0.258. The average molecular weight is 277 g/mol. The molecular formula is C13H12FN3OS. The van der Waals surface area contributed by atoms with Crippen LogP contribution in [-0.4, -0.2) is 10.1 Å². The van der Waals surface area contributed by atoms with Crippen LogP contribution in [0.5, 0.6) is 0 Å². The highest BCUT2D eigenvalue weighted by molar-refractivity contribution is 7.98. The van der Waals surface area contributed by atoms with Crippen LogP contribution in [0.3, 0.4) is 0 Å². The summed E-state index contributed by atoms with van der Waals surface area (Å²) in [4.78, 5) is 5.10. The minimum atomic E-state index is -0.429. The molecule has 1 aromatic heterocycles.